The molecular weight excluding hydrogens is 430 g/mol. The third kappa shape index (κ3) is 5.20. The first-order chi connectivity index (χ1) is 16.2. The van der Waals surface area contributed by atoms with Crippen molar-refractivity contribution in [3.8, 4) is 0 Å². The van der Waals surface area contributed by atoms with E-state index in [1.165, 1.54) is 16.7 Å². The van der Waals surface area contributed by atoms with Gasteiger partial charge in [0.2, 0.25) is 0 Å². The highest BCUT2D eigenvalue weighted by Gasteiger charge is 2.22. The second-order valence-electron chi connectivity index (χ2n) is 8.80. The first-order valence-electron chi connectivity index (χ1n) is 11.9. The molecule has 0 spiro atoms. The van der Waals surface area contributed by atoms with Gasteiger partial charge in [0.1, 0.15) is 16.6 Å². The van der Waals surface area contributed by atoms with Crippen molar-refractivity contribution in [1.29, 1.82) is 0 Å². The Labute approximate surface area is 199 Å². The van der Waals surface area contributed by atoms with Gasteiger partial charge in [-0.2, -0.15) is 0 Å². The minimum Gasteiger partial charge on any atom is -0.393 e. The van der Waals surface area contributed by atoms with Crippen molar-refractivity contribution in [3.05, 3.63) is 64.9 Å². The standard InChI is InChI=1S/C26H31N5OS/c1-2-21-18(15-17-7-4-3-5-8-17)16-23(30-24(21)28-19-10-12-20(32)13-11-19)31-26-29-22-9-6-14-27-25(22)33-26/h3-9,16,19-20,27,32H,2,10-15H2,1H3,(H2,28,29,30,31). The number of nitrogens with one attached hydrogen (secondary N) is 3. The number of nitrogens with zero attached hydrogens (tertiary/aromatic N) is 2. The molecule has 4 N–H and O–H groups in total. The molecule has 3 aromatic rings. The van der Waals surface area contributed by atoms with Gasteiger partial charge in [-0.1, -0.05) is 54.7 Å². The molecule has 0 radical (unpaired) electrons. The number of hydrogen-bond acceptors (Lipinski definition) is 7. The number of fused-ring (bicyclic) bond motifs is 1. The van der Waals surface area contributed by atoms with Crippen LogP contribution in [0.5, 0.6) is 0 Å². The molecule has 7 heteroatoms. The fourth-order valence-electron chi connectivity index (χ4n) is 4.65. The highest BCUT2D eigenvalue weighted by atomic mass is 32.1. The van der Waals surface area contributed by atoms with Crippen LogP contribution >= 0.6 is 11.3 Å². The van der Waals surface area contributed by atoms with E-state index in [4.69, 9.17) is 9.97 Å². The Hall–Kier alpha value is -2.90. The predicted octanol–water partition coefficient (Wildman–Crippen LogP) is 5.59. The lowest BCUT2D eigenvalue weighted by molar-refractivity contribution is 0.126. The molecule has 0 unspecified atom stereocenters. The summed E-state index contributed by atoms with van der Waals surface area (Å²) in [6, 6.07) is 13.1. The highest BCUT2D eigenvalue weighted by molar-refractivity contribution is 7.19. The molecule has 0 bridgehead atoms. The predicted molar refractivity (Wildman–Crippen MR) is 138 cm³/mol. The van der Waals surface area contributed by atoms with Crippen LogP contribution in [-0.4, -0.2) is 33.8 Å². The molecule has 33 heavy (non-hydrogen) atoms. The molecule has 1 aromatic carbocycles. The van der Waals surface area contributed by atoms with Crippen molar-refractivity contribution < 1.29 is 5.11 Å². The van der Waals surface area contributed by atoms with Crippen LogP contribution in [0.25, 0.3) is 6.08 Å². The maximum Gasteiger partial charge on any atom is 0.190 e. The maximum absolute atomic E-state index is 9.91. The van der Waals surface area contributed by atoms with Gasteiger partial charge in [-0.3, -0.25) is 0 Å². The molecule has 1 aliphatic carbocycles. The van der Waals surface area contributed by atoms with Gasteiger partial charge in [0, 0.05) is 12.6 Å². The summed E-state index contributed by atoms with van der Waals surface area (Å²) in [7, 11) is 0. The third-order valence-corrected chi connectivity index (χ3v) is 7.33. The van der Waals surface area contributed by atoms with E-state index in [-0.39, 0.29) is 6.10 Å². The number of hydrogen-bond donors (Lipinski definition) is 4. The van der Waals surface area contributed by atoms with E-state index >= 15 is 0 Å². The Morgan fingerprint density at radius 3 is 2.70 bits per heavy atom. The lowest BCUT2D eigenvalue weighted by Crippen LogP contribution is -2.29. The van der Waals surface area contributed by atoms with E-state index in [0.717, 1.165) is 72.5 Å². The fourth-order valence-corrected chi connectivity index (χ4v) is 5.51. The second-order valence-corrected chi connectivity index (χ2v) is 9.80. The molecule has 0 saturated heterocycles. The van der Waals surface area contributed by atoms with Crippen LogP contribution < -0.4 is 16.0 Å². The summed E-state index contributed by atoms with van der Waals surface area (Å²) in [4.78, 5) is 9.73. The number of pyridine rings is 1. The highest BCUT2D eigenvalue weighted by Crippen LogP contribution is 2.34. The third-order valence-electron chi connectivity index (χ3n) is 6.39. The van der Waals surface area contributed by atoms with E-state index in [0.29, 0.717) is 6.04 Å². The molecule has 5 rings (SSSR count). The summed E-state index contributed by atoms with van der Waals surface area (Å²) in [5.74, 6) is 1.76. The summed E-state index contributed by atoms with van der Waals surface area (Å²) < 4.78 is 0. The minimum absolute atomic E-state index is 0.165. The van der Waals surface area contributed by atoms with Crippen molar-refractivity contribution in [2.24, 2.45) is 0 Å². The van der Waals surface area contributed by atoms with Crippen LogP contribution in [0.2, 0.25) is 0 Å². The summed E-state index contributed by atoms with van der Waals surface area (Å²) in [6.07, 6.45) is 9.38. The van der Waals surface area contributed by atoms with Crippen LogP contribution in [0.4, 0.5) is 21.8 Å². The van der Waals surface area contributed by atoms with Crippen LogP contribution in [-0.2, 0) is 12.8 Å². The van der Waals surface area contributed by atoms with Gasteiger partial charge in [-0.25, -0.2) is 9.97 Å². The summed E-state index contributed by atoms with van der Waals surface area (Å²) in [6.45, 7) is 3.03. The fraction of sp³-hybridized carbons (Fsp3) is 0.385. The number of thiazole rings is 1. The van der Waals surface area contributed by atoms with Crippen molar-refractivity contribution in [3.63, 3.8) is 0 Å². The quantitative estimate of drug-likeness (QED) is 0.367. The summed E-state index contributed by atoms with van der Waals surface area (Å²) in [5, 5.41) is 22.4. The number of aliphatic hydroxyl groups excluding tert-OH is 1. The molecule has 2 aromatic heterocycles. The number of anilines is 4. The molecule has 172 valence electrons. The first-order valence-corrected chi connectivity index (χ1v) is 12.7. The van der Waals surface area contributed by atoms with E-state index in [2.05, 4.69) is 71.4 Å². The van der Waals surface area contributed by atoms with Gasteiger partial charge >= 0.3 is 0 Å². The molecule has 0 atom stereocenters. The zero-order valence-corrected chi connectivity index (χ0v) is 19.8. The molecule has 2 aliphatic rings. The zero-order valence-electron chi connectivity index (χ0n) is 19.0. The smallest absolute Gasteiger partial charge is 0.190 e. The number of aromatic nitrogens is 2. The Kier molecular flexibility index (Phi) is 6.60. The van der Waals surface area contributed by atoms with Crippen molar-refractivity contribution in [2.45, 2.75) is 57.6 Å². The SMILES string of the molecule is CCc1c(Cc2ccccc2)cc(Nc2nc3c(s2)NCC=C3)nc1NC1CCC(O)CC1. The Balaban J connectivity index is 1.47. The van der Waals surface area contributed by atoms with Crippen LogP contribution in [0, 0.1) is 0 Å². The number of rotatable bonds is 7. The Morgan fingerprint density at radius 1 is 1.12 bits per heavy atom. The monoisotopic (exact) mass is 461 g/mol. The Bertz CT molecular complexity index is 1120. The number of benzene rings is 1. The van der Waals surface area contributed by atoms with Crippen LogP contribution in [0.1, 0.15) is 55.0 Å². The largest absolute Gasteiger partial charge is 0.393 e. The lowest BCUT2D eigenvalue weighted by atomic mass is 9.92. The van der Waals surface area contributed by atoms with Gasteiger partial charge in [0.25, 0.3) is 0 Å². The zero-order chi connectivity index (χ0) is 22.6. The Morgan fingerprint density at radius 2 is 1.94 bits per heavy atom. The lowest BCUT2D eigenvalue weighted by Gasteiger charge is -2.28. The average molecular weight is 462 g/mol. The van der Waals surface area contributed by atoms with Crippen LogP contribution in [0.15, 0.2) is 42.5 Å². The molecule has 1 fully saturated rings. The van der Waals surface area contributed by atoms with Gasteiger partial charge < -0.3 is 21.1 Å². The van der Waals surface area contributed by atoms with Crippen molar-refractivity contribution in [2.75, 3.05) is 22.5 Å². The summed E-state index contributed by atoms with van der Waals surface area (Å²) >= 11 is 1.62. The minimum atomic E-state index is -0.165. The summed E-state index contributed by atoms with van der Waals surface area (Å²) in [5.41, 5.74) is 4.80. The topological polar surface area (TPSA) is 82.1 Å². The second kappa shape index (κ2) is 9.93. The molecule has 1 saturated carbocycles. The van der Waals surface area contributed by atoms with Gasteiger partial charge in [0.05, 0.1) is 11.8 Å². The first kappa shape index (κ1) is 21.9. The van der Waals surface area contributed by atoms with E-state index in [1.807, 2.05) is 0 Å². The van der Waals surface area contributed by atoms with E-state index < -0.39 is 0 Å². The number of aliphatic hydroxyl groups is 1. The van der Waals surface area contributed by atoms with E-state index in [1.54, 1.807) is 11.3 Å². The average Bonchev–Trinajstić information content (AvgIpc) is 3.23. The normalized spacial score (nSPS) is 19.6. The molecule has 3 heterocycles. The molecule has 1 aliphatic heterocycles. The molecule has 6 nitrogen and oxygen atoms in total. The van der Waals surface area contributed by atoms with E-state index in [9.17, 15) is 5.11 Å². The molecule has 0 amide bonds. The van der Waals surface area contributed by atoms with Gasteiger partial charge in [-0.15, -0.1) is 0 Å². The van der Waals surface area contributed by atoms with Gasteiger partial charge in [-0.05, 0) is 67.4 Å². The van der Waals surface area contributed by atoms with Crippen molar-refractivity contribution in [1.82, 2.24) is 9.97 Å². The van der Waals surface area contributed by atoms with Gasteiger partial charge in [0.15, 0.2) is 5.13 Å². The molecular formula is C26H31N5OS. The maximum atomic E-state index is 9.91. The van der Waals surface area contributed by atoms with Crippen LogP contribution in [0.3, 0.4) is 0 Å². The van der Waals surface area contributed by atoms with Crippen molar-refractivity contribution >= 4 is 39.2 Å².